The summed E-state index contributed by atoms with van der Waals surface area (Å²) in [6.45, 7) is 3.71. The zero-order chi connectivity index (χ0) is 18.8. The van der Waals surface area contributed by atoms with E-state index in [0.29, 0.717) is 11.4 Å². The molecule has 0 saturated carbocycles. The summed E-state index contributed by atoms with van der Waals surface area (Å²) in [5.74, 6) is -0.328. The smallest absolute Gasteiger partial charge is 0.291 e. The number of aryl methyl sites for hydroxylation is 1. The summed E-state index contributed by atoms with van der Waals surface area (Å²) < 4.78 is 3.80. The SMILES string of the molecule is C/C(=N/NC(=O)c1nc2ccccn2c1C)c1ccc(-n2ccnc2)cc1. The fourth-order valence-corrected chi connectivity index (χ4v) is 2.87. The lowest BCUT2D eigenvalue weighted by Gasteiger charge is -2.05. The van der Waals surface area contributed by atoms with Gasteiger partial charge in [-0.3, -0.25) is 4.79 Å². The van der Waals surface area contributed by atoms with Crippen LogP contribution in [-0.2, 0) is 0 Å². The predicted molar refractivity (Wildman–Crippen MR) is 103 cm³/mol. The first kappa shape index (κ1) is 16.7. The van der Waals surface area contributed by atoms with Gasteiger partial charge in [-0.1, -0.05) is 18.2 Å². The number of benzene rings is 1. The van der Waals surface area contributed by atoms with Crippen molar-refractivity contribution < 1.29 is 4.79 Å². The molecule has 0 aliphatic rings. The van der Waals surface area contributed by atoms with E-state index in [4.69, 9.17) is 0 Å². The van der Waals surface area contributed by atoms with Crippen molar-refractivity contribution in [2.75, 3.05) is 0 Å². The number of aromatic nitrogens is 4. The molecular weight excluding hydrogens is 340 g/mol. The Morgan fingerprint density at radius 1 is 1.11 bits per heavy atom. The van der Waals surface area contributed by atoms with E-state index >= 15 is 0 Å². The summed E-state index contributed by atoms with van der Waals surface area (Å²) in [6, 6.07) is 13.5. The number of carbonyl (C=O) groups is 1. The van der Waals surface area contributed by atoms with Gasteiger partial charge in [0.1, 0.15) is 5.65 Å². The molecule has 0 aliphatic carbocycles. The average Bonchev–Trinajstić information content (AvgIpc) is 3.35. The molecule has 7 nitrogen and oxygen atoms in total. The standard InChI is InChI=1S/C20H18N6O/c1-14(16-6-8-17(9-7-16)25-12-10-21-13-25)23-24-20(27)19-15(2)26-11-4-3-5-18(26)22-19/h3-13H,1-2H3,(H,24,27)/b23-14-. The van der Waals surface area contributed by atoms with Crippen LogP contribution in [-0.4, -0.2) is 30.6 Å². The van der Waals surface area contributed by atoms with Crippen molar-refractivity contribution >= 4 is 17.3 Å². The molecule has 0 atom stereocenters. The number of fused-ring (bicyclic) bond motifs is 1. The lowest BCUT2D eigenvalue weighted by molar-refractivity contribution is 0.0950. The van der Waals surface area contributed by atoms with Gasteiger partial charge in [-0.15, -0.1) is 0 Å². The first-order valence-electron chi connectivity index (χ1n) is 8.50. The molecular formula is C20H18N6O. The Balaban J connectivity index is 1.51. The van der Waals surface area contributed by atoms with Gasteiger partial charge in [-0.2, -0.15) is 5.10 Å². The summed E-state index contributed by atoms with van der Waals surface area (Å²) in [5, 5.41) is 4.22. The van der Waals surface area contributed by atoms with Crippen LogP contribution in [0.5, 0.6) is 0 Å². The summed E-state index contributed by atoms with van der Waals surface area (Å²) in [7, 11) is 0. The zero-order valence-corrected chi connectivity index (χ0v) is 15.0. The number of pyridine rings is 1. The van der Waals surface area contributed by atoms with Gasteiger partial charge in [0.15, 0.2) is 5.69 Å². The second-order valence-electron chi connectivity index (χ2n) is 6.13. The van der Waals surface area contributed by atoms with Crippen molar-refractivity contribution in [3.63, 3.8) is 0 Å². The van der Waals surface area contributed by atoms with E-state index in [-0.39, 0.29) is 5.91 Å². The number of hydrogen-bond acceptors (Lipinski definition) is 4. The average molecular weight is 358 g/mol. The molecule has 0 unspecified atom stereocenters. The topological polar surface area (TPSA) is 76.6 Å². The van der Waals surface area contributed by atoms with Gasteiger partial charge in [0.25, 0.3) is 5.91 Å². The van der Waals surface area contributed by atoms with Crippen LogP contribution in [0.1, 0.15) is 28.7 Å². The number of nitrogens with zero attached hydrogens (tertiary/aromatic N) is 5. The molecule has 3 aromatic heterocycles. The minimum Gasteiger partial charge on any atom is -0.306 e. The number of nitrogens with one attached hydrogen (secondary N) is 1. The molecule has 0 saturated heterocycles. The van der Waals surface area contributed by atoms with Crippen LogP contribution in [0.3, 0.4) is 0 Å². The van der Waals surface area contributed by atoms with Gasteiger partial charge >= 0.3 is 0 Å². The number of carbonyl (C=O) groups excluding carboxylic acids is 1. The number of rotatable bonds is 4. The summed E-state index contributed by atoms with van der Waals surface area (Å²) in [5.41, 5.74) is 7.12. The molecule has 4 aromatic rings. The molecule has 0 fully saturated rings. The highest BCUT2D eigenvalue weighted by Crippen LogP contribution is 2.12. The van der Waals surface area contributed by atoms with E-state index in [1.807, 2.05) is 77.7 Å². The molecule has 1 amide bonds. The second-order valence-corrected chi connectivity index (χ2v) is 6.13. The minimum atomic E-state index is -0.328. The van der Waals surface area contributed by atoms with Crippen LogP contribution < -0.4 is 5.43 Å². The van der Waals surface area contributed by atoms with Crippen molar-refractivity contribution in [1.29, 1.82) is 0 Å². The third-order valence-electron chi connectivity index (χ3n) is 4.40. The van der Waals surface area contributed by atoms with Crippen molar-refractivity contribution in [3.8, 4) is 5.69 Å². The predicted octanol–water partition coefficient (Wildman–Crippen LogP) is 2.98. The van der Waals surface area contributed by atoms with Crippen LogP contribution in [0.15, 0.2) is 72.5 Å². The Morgan fingerprint density at radius 3 is 2.63 bits per heavy atom. The maximum Gasteiger partial charge on any atom is 0.291 e. The van der Waals surface area contributed by atoms with Crippen LogP contribution >= 0.6 is 0 Å². The maximum atomic E-state index is 12.5. The molecule has 0 bridgehead atoms. The Kier molecular flexibility index (Phi) is 4.25. The van der Waals surface area contributed by atoms with Crippen LogP contribution in [0.4, 0.5) is 0 Å². The van der Waals surface area contributed by atoms with Crippen LogP contribution in [0.2, 0.25) is 0 Å². The summed E-state index contributed by atoms with van der Waals surface area (Å²) in [6.07, 6.45) is 7.24. The van der Waals surface area contributed by atoms with E-state index in [1.54, 1.807) is 12.5 Å². The third kappa shape index (κ3) is 3.22. The van der Waals surface area contributed by atoms with E-state index in [0.717, 1.165) is 22.6 Å². The van der Waals surface area contributed by atoms with Crippen LogP contribution in [0, 0.1) is 6.92 Å². The van der Waals surface area contributed by atoms with Crippen LogP contribution in [0.25, 0.3) is 11.3 Å². The van der Waals surface area contributed by atoms with E-state index < -0.39 is 0 Å². The molecule has 134 valence electrons. The number of hydrazone groups is 1. The van der Waals surface area contributed by atoms with Gasteiger partial charge in [-0.05, 0) is 43.7 Å². The Labute approximate surface area is 156 Å². The van der Waals surface area contributed by atoms with Gasteiger partial charge in [0.2, 0.25) is 0 Å². The Bertz CT molecular complexity index is 1120. The van der Waals surface area contributed by atoms with Gasteiger partial charge < -0.3 is 8.97 Å². The zero-order valence-electron chi connectivity index (χ0n) is 15.0. The monoisotopic (exact) mass is 358 g/mol. The normalized spacial score (nSPS) is 11.7. The highest BCUT2D eigenvalue weighted by Gasteiger charge is 2.15. The molecule has 1 aromatic carbocycles. The molecule has 0 aliphatic heterocycles. The minimum absolute atomic E-state index is 0.328. The fraction of sp³-hybridized carbons (Fsp3) is 0.100. The molecule has 3 heterocycles. The molecule has 1 N–H and O–H groups in total. The number of imidazole rings is 2. The molecule has 0 spiro atoms. The lowest BCUT2D eigenvalue weighted by atomic mass is 10.1. The first-order valence-corrected chi connectivity index (χ1v) is 8.50. The number of hydrogen-bond donors (Lipinski definition) is 1. The second kappa shape index (κ2) is 6.87. The number of amides is 1. The third-order valence-corrected chi connectivity index (χ3v) is 4.40. The van der Waals surface area contributed by atoms with Crippen molar-refractivity contribution in [2.45, 2.75) is 13.8 Å². The van der Waals surface area contributed by atoms with E-state index in [1.165, 1.54) is 0 Å². The van der Waals surface area contributed by atoms with Gasteiger partial charge in [0, 0.05) is 24.3 Å². The highest BCUT2D eigenvalue weighted by atomic mass is 16.2. The fourth-order valence-electron chi connectivity index (χ4n) is 2.87. The van der Waals surface area contributed by atoms with Crippen molar-refractivity contribution in [2.24, 2.45) is 5.10 Å². The van der Waals surface area contributed by atoms with Gasteiger partial charge in [-0.25, -0.2) is 15.4 Å². The molecule has 27 heavy (non-hydrogen) atoms. The Morgan fingerprint density at radius 2 is 1.93 bits per heavy atom. The van der Waals surface area contributed by atoms with E-state index in [2.05, 4.69) is 20.5 Å². The van der Waals surface area contributed by atoms with Gasteiger partial charge in [0.05, 0.1) is 17.7 Å². The molecule has 0 radical (unpaired) electrons. The lowest BCUT2D eigenvalue weighted by Crippen LogP contribution is -2.20. The molecule has 7 heteroatoms. The highest BCUT2D eigenvalue weighted by molar-refractivity contribution is 6.01. The van der Waals surface area contributed by atoms with E-state index in [9.17, 15) is 4.79 Å². The first-order chi connectivity index (χ1) is 13.1. The quantitative estimate of drug-likeness (QED) is 0.450. The van der Waals surface area contributed by atoms with Crippen molar-refractivity contribution in [1.82, 2.24) is 24.4 Å². The summed E-state index contributed by atoms with van der Waals surface area (Å²) in [4.78, 5) is 20.9. The Hall–Kier alpha value is -3.74. The maximum absolute atomic E-state index is 12.5. The largest absolute Gasteiger partial charge is 0.306 e. The van der Waals surface area contributed by atoms with Crippen molar-refractivity contribution in [3.05, 3.63) is 84.3 Å². The summed E-state index contributed by atoms with van der Waals surface area (Å²) >= 11 is 0. The molecule has 4 rings (SSSR count).